The average molecular weight is 407 g/mol. The van der Waals surface area contributed by atoms with E-state index in [1.165, 1.54) is 16.8 Å². The number of aromatic nitrogens is 4. The van der Waals surface area contributed by atoms with Crippen molar-refractivity contribution in [2.24, 2.45) is 7.05 Å². The van der Waals surface area contributed by atoms with Gasteiger partial charge in [0.1, 0.15) is 5.69 Å². The number of anilines is 1. The molecule has 0 amide bonds. The monoisotopic (exact) mass is 406 g/mol. The molecule has 4 rings (SSSR count). The smallest absolute Gasteiger partial charge is 0.155 e. The Bertz CT molecular complexity index is 960. The third-order valence-corrected chi connectivity index (χ3v) is 5.93. The van der Waals surface area contributed by atoms with E-state index in [-0.39, 0.29) is 6.61 Å². The van der Waals surface area contributed by atoms with E-state index in [9.17, 15) is 0 Å². The van der Waals surface area contributed by atoms with Crippen LogP contribution in [0.4, 0.5) is 5.82 Å². The van der Waals surface area contributed by atoms with Crippen LogP contribution in [0.1, 0.15) is 23.2 Å². The van der Waals surface area contributed by atoms with Crippen molar-refractivity contribution in [3.63, 3.8) is 0 Å². The minimum Gasteiger partial charge on any atom is -0.396 e. The molecule has 0 aliphatic carbocycles. The Labute approximate surface area is 178 Å². The Balaban J connectivity index is 1.44. The zero-order valence-corrected chi connectivity index (χ0v) is 17.8. The summed E-state index contributed by atoms with van der Waals surface area (Å²) >= 11 is 0. The van der Waals surface area contributed by atoms with Gasteiger partial charge in [-0.05, 0) is 25.3 Å². The topological polar surface area (TPSA) is 70.3 Å². The number of nitrogens with zero attached hydrogens (tertiary/aromatic N) is 6. The van der Waals surface area contributed by atoms with Crippen molar-refractivity contribution in [2.75, 3.05) is 37.7 Å². The molecule has 0 unspecified atom stereocenters. The van der Waals surface area contributed by atoms with Crippen LogP contribution in [0.5, 0.6) is 0 Å². The lowest BCUT2D eigenvalue weighted by Gasteiger charge is -2.35. The Morgan fingerprint density at radius 1 is 1.00 bits per heavy atom. The molecule has 1 N–H and O–H groups in total. The second kappa shape index (κ2) is 9.36. The standard InChI is InChI=1S/C23H30N6O/c1-18-21(16-26-27(18)2)17-28-11-13-29(14-12-28)23-22(24-9-10-25-23)20-7-5-19(6-8-20)4-3-15-30/h5-10,16,30H,3-4,11-15,17H2,1-2H3. The summed E-state index contributed by atoms with van der Waals surface area (Å²) in [7, 11) is 1.99. The highest BCUT2D eigenvalue weighted by Gasteiger charge is 2.22. The largest absolute Gasteiger partial charge is 0.396 e. The van der Waals surface area contributed by atoms with E-state index in [4.69, 9.17) is 5.11 Å². The lowest BCUT2D eigenvalue weighted by Crippen LogP contribution is -2.46. The van der Waals surface area contributed by atoms with Crippen LogP contribution in [-0.2, 0) is 20.0 Å². The fraction of sp³-hybridized carbons (Fsp3) is 0.435. The number of hydrogen-bond donors (Lipinski definition) is 1. The number of hydrogen-bond acceptors (Lipinski definition) is 6. The molecule has 1 fully saturated rings. The van der Waals surface area contributed by atoms with Gasteiger partial charge in [0, 0.05) is 75.6 Å². The molecule has 2 aromatic heterocycles. The number of piperazine rings is 1. The van der Waals surface area contributed by atoms with E-state index < -0.39 is 0 Å². The van der Waals surface area contributed by atoms with Crippen molar-refractivity contribution in [3.8, 4) is 11.3 Å². The number of benzene rings is 1. The van der Waals surface area contributed by atoms with Gasteiger partial charge in [0.05, 0.1) is 6.20 Å². The van der Waals surface area contributed by atoms with Crippen LogP contribution >= 0.6 is 0 Å². The van der Waals surface area contributed by atoms with Crippen LogP contribution in [0, 0.1) is 6.92 Å². The molecule has 0 saturated carbocycles. The van der Waals surface area contributed by atoms with Crippen molar-refractivity contribution < 1.29 is 5.11 Å². The Hall–Kier alpha value is -2.77. The van der Waals surface area contributed by atoms with Crippen LogP contribution < -0.4 is 4.90 Å². The van der Waals surface area contributed by atoms with Gasteiger partial charge in [-0.15, -0.1) is 0 Å². The zero-order chi connectivity index (χ0) is 20.9. The fourth-order valence-electron chi connectivity index (χ4n) is 3.94. The molecular formula is C23H30N6O. The van der Waals surface area contributed by atoms with Crippen molar-refractivity contribution in [1.29, 1.82) is 0 Å². The second-order valence-corrected chi connectivity index (χ2v) is 7.89. The highest BCUT2D eigenvalue weighted by Crippen LogP contribution is 2.28. The maximum Gasteiger partial charge on any atom is 0.155 e. The number of aliphatic hydroxyl groups is 1. The molecule has 0 bridgehead atoms. The molecule has 0 radical (unpaired) electrons. The SMILES string of the molecule is Cc1c(CN2CCN(c3nccnc3-c3ccc(CCCO)cc3)CC2)cnn1C. The first-order chi connectivity index (χ1) is 14.7. The first kappa shape index (κ1) is 20.5. The third-order valence-electron chi connectivity index (χ3n) is 5.93. The summed E-state index contributed by atoms with van der Waals surface area (Å²) in [4.78, 5) is 14.1. The minimum atomic E-state index is 0.225. The molecule has 7 heteroatoms. The molecule has 0 spiro atoms. The van der Waals surface area contributed by atoms with Gasteiger partial charge in [-0.2, -0.15) is 5.10 Å². The molecule has 0 atom stereocenters. The molecule has 1 aromatic carbocycles. The number of aryl methyl sites for hydroxylation is 2. The first-order valence-electron chi connectivity index (χ1n) is 10.6. The van der Waals surface area contributed by atoms with Gasteiger partial charge in [0.15, 0.2) is 5.82 Å². The van der Waals surface area contributed by atoms with Crippen LogP contribution in [0.3, 0.4) is 0 Å². The summed E-state index contributed by atoms with van der Waals surface area (Å²) in [6, 6.07) is 8.47. The van der Waals surface area contributed by atoms with Crippen molar-refractivity contribution >= 4 is 5.82 Å². The van der Waals surface area contributed by atoms with E-state index in [2.05, 4.69) is 56.1 Å². The molecule has 3 heterocycles. The zero-order valence-electron chi connectivity index (χ0n) is 17.8. The van der Waals surface area contributed by atoms with Gasteiger partial charge in [-0.1, -0.05) is 24.3 Å². The predicted molar refractivity (Wildman–Crippen MR) is 118 cm³/mol. The summed E-state index contributed by atoms with van der Waals surface area (Å²) < 4.78 is 1.94. The van der Waals surface area contributed by atoms with Gasteiger partial charge in [-0.25, -0.2) is 4.98 Å². The summed E-state index contributed by atoms with van der Waals surface area (Å²) in [6.07, 6.45) is 7.20. The summed E-state index contributed by atoms with van der Waals surface area (Å²) in [6.45, 7) is 7.13. The average Bonchev–Trinajstić information content (AvgIpc) is 3.11. The highest BCUT2D eigenvalue weighted by atomic mass is 16.2. The summed E-state index contributed by atoms with van der Waals surface area (Å²) in [5.74, 6) is 0.956. The Morgan fingerprint density at radius 2 is 1.73 bits per heavy atom. The van der Waals surface area contributed by atoms with E-state index in [1.54, 1.807) is 12.4 Å². The van der Waals surface area contributed by atoms with Gasteiger partial charge >= 0.3 is 0 Å². The maximum atomic E-state index is 9.03. The second-order valence-electron chi connectivity index (χ2n) is 7.89. The first-order valence-corrected chi connectivity index (χ1v) is 10.6. The quantitative estimate of drug-likeness (QED) is 0.650. The maximum absolute atomic E-state index is 9.03. The number of rotatable bonds is 7. The van der Waals surface area contributed by atoms with Gasteiger partial charge < -0.3 is 10.0 Å². The van der Waals surface area contributed by atoms with Crippen LogP contribution in [0.2, 0.25) is 0 Å². The summed E-state index contributed by atoms with van der Waals surface area (Å²) in [5, 5.41) is 13.4. The molecular weight excluding hydrogens is 376 g/mol. The molecule has 30 heavy (non-hydrogen) atoms. The van der Waals surface area contributed by atoms with Gasteiger partial charge in [-0.3, -0.25) is 14.6 Å². The minimum absolute atomic E-state index is 0.225. The summed E-state index contributed by atoms with van der Waals surface area (Å²) in [5.41, 5.74) is 5.78. The van der Waals surface area contributed by atoms with Crippen LogP contribution in [-0.4, -0.2) is 62.5 Å². The van der Waals surface area contributed by atoms with E-state index in [1.807, 2.05) is 17.9 Å². The molecule has 158 valence electrons. The van der Waals surface area contributed by atoms with Crippen LogP contribution in [0.15, 0.2) is 42.9 Å². The predicted octanol–water partition coefficient (Wildman–Crippen LogP) is 2.43. The lowest BCUT2D eigenvalue weighted by molar-refractivity contribution is 0.249. The number of aliphatic hydroxyl groups excluding tert-OH is 1. The fourth-order valence-corrected chi connectivity index (χ4v) is 3.94. The van der Waals surface area contributed by atoms with Gasteiger partial charge in [0.2, 0.25) is 0 Å². The van der Waals surface area contributed by atoms with Gasteiger partial charge in [0.25, 0.3) is 0 Å². The van der Waals surface area contributed by atoms with Crippen molar-refractivity contribution in [1.82, 2.24) is 24.6 Å². The molecule has 7 nitrogen and oxygen atoms in total. The van der Waals surface area contributed by atoms with Crippen molar-refractivity contribution in [3.05, 3.63) is 59.7 Å². The lowest BCUT2D eigenvalue weighted by atomic mass is 10.1. The Morgan fingerprint density at radius 3 is 2.40 bits per heavy atom. The van der Waals surface area contributed by atoms with E-state index in [0.717, 1.165) is 62.6 Å². The normalized spacial score (nSPS) is 15.0. The molecule has 1 aliphatic heterocycles. The Kier molecular flexibility index (Phi) is 6.40. The third kappa shape index (κ3) is 4.52. The highest BCUT2D eigenvalue weighted by molar-refractivity contribution is 5.72. The molecule has 1 aliphatic rings. The van der Waals surface area contributed by atoms with E-state index in [0.29, 0.717) is 0 Å². The van der Waals surface area contributed by atoms with Crippen LogP contribution in [0.25, 0.3) is 11.3 Å². The molecule has 1 saturated heterocycles. The van der Waals surface area contributed by atoms with E-state index >= 15 is 0 Å². The van der Waals surface area contributed by atoms with Crippen molar-refractivity contribution in [2.45, 2.75) is 26.3 Å². The molecule has 3 aromatic rings.